The van der Waals surface area contributed by atoms with Gasteiger partial charge in [0.05, 0.1) is 4.90 Å². The fourth-order valence-electron chi connectivity index (χ4n) is 2.56. The molecule has 0 aliphatic carbocycles. The predicted octanol–water partition coefficient (Wildman–Crippen LogP) is 3.79. The summed E-state index contributed by atoms with van der Waals surface area (Å²) < 4.78 is 17.0. The van der Waals surface area contributed by atoms with Crippen LogP contribution in [0, 0.1) is 0 Å². The largest absolute Gasteiger partial charge is 0.457 e. The molecule has 3 N–H and O–H groups in total. The van der Waals surface area contributed by atoms with E-state index >= 15 is 0 Å². The minimum absolute atomic E-state index is 0.579. The molecule has 3 aromatic carbocycles. The van der Waals surface area contributed by atoms with Crippen LogP contribution in [0.15, 0.2) is 83.8 Å². The van der Waals surface area contributed by atoms with Gasteiger partial charge in [-0.15, -0.1) is 0 Å². The van der Waals surface area contributed by atoms with Crippen LogP contribution in [0.5, 0.6) is 11.5 Å². The van der Waals surface area contributed by atoms with Gasteiger partial charge in [0.25, 0.3) is 0 Å². The van der Waals surface area contributed by atoms with Crippen molar-refractivity contribution in [2.75, 3.05) is 6.54 Å². The van der Waals surface area contributed by atoms with Gasteiger partial charge in [0.15, 0.2) is 0 Å². The lowest BCUT2D eigenvalue weighted by molar-refractivity contribution is 0.482. The van der Waals surface area contributed by atoms with Gasteiger partial charge in [-0.25, -0.2) is 9.35 Å². The van der Waals surface area contributed by atoms with Gasteiger partial charge >= 0.3 is 0 Å². The third-order valence-electron chi connectivity index (χ3n) is 3.98. The smallest absolute Gasteiger partial charge is 0.127 e. The number of nitrogens with one attached hydrogen (secondary N) is 1. The first-order valence-electron chi connectivity index (χ1n) is 8.48. The normalized spacial score (nSPS) is 11.9. The first kappa shape index (κ1) is 18.3. The Hall–Kier alpha value is -2.47. The zero-order valence-electron chi connectivity index (χ0n) is 14.4. The monoisotopic (exact) mass is 366 g/mol. The van der Waals surface area contributed by atoms with Crippen molar-refractivity contribution in [3.63, 3.8) is 0 Å². The molecular formula is C21H22N2O2S. The molecular weight excluding hydrogens is 344 g/mol. The zero-order valence-corrected chi connectivity index (χ0v) is 15.2. The average Bonchev–Trinajstić information content (AvgIpc) is 2.68. The Bertz CT molecular complexity index is 834. The maximum absolute atomic E-state index is 11.2. The van der Waals surface area contributed by atoms with E-state index in [1.54, 1.807) is 24.3 Å². The number of benzene rings is 3. The zero-order chi connectivity index (χ0) is 18.2. The summed E-state index contributed by atoms with van der Waals surface area (Å²) >= 11 is 0. The van der Waals surface area contributed by atoms with Crippen LogP contribution >= 0.6 is 0 Å². The van der Waals surface area contributed by atoms with E-state index in [0.29, 0.717) is 10.6 Å². The lowest BCUT2D eigenvalue weighted by Gasteiger charge is -2.08. The van der Waals surface area contributed by atoms with Crippen molar-refractivity contribution in [1.82, 2.24) is 5.32 Å². The quantitative estimate of drug-likeness (QED) is 0.596. The standard InChI is InChI=1S/C21H22N2O2S/c22-26(24)21-12-10-20(11-13-21)25-19-8-6-17(7-9-19)14-15-23-16-18-4-2-1-3-5-18/h1-13,23H,14-16,22H2. The van der Waals surface area contributed by atoms with Crippen molar-refractivity contribution in [1.29, 1.82) is 0 Å². The van der Waals surface area contributed by atoms with Crippen LogP contribution in [-0.4, -0.2) is 10.8 Å². The molecule has 0 aromatic heterocycles. The summed E-state index contributed by atoms with van der Waals surface area (Å²) in [5.41, 5.74) is 2.55. The Labute approximate surface area is 156 Å². The Morgan fingerprint density at radius 3 is 2.04 bits per heavy atom. The Morgan fingerprint density at radius 1 is 0.808 bits per heavy atom. The molecule has 0 saturated heterocycles. The molecule has 1 unspecified atom stereocenters. The number of ether oxygens (including phenoxy) is 1. The van der Waals surface area contributed by atoms with E-state index < -0.39 is 11.0 Å². The summed E-state index contributed by atoms with van der Waals surface area (Å²) in [6.45, 7) is 1.80. The summed E-state index contributed by atoms with van der Waals surface area (Å²) in [6, 6.07) is 25.4. The topological polar surface area (TPSA) is 64.4 Å². The van der Waals surface area contributed by atoms with Gasteiger partial charge in [-0.1, -0.05) is 42.5 Å². The molecule has 5 heteroatoms. The van der Waals surface area contributed by atoms with E-state index in [4.69, 9.17) is 9.88 Å². The number of rotatable bonds is 8. The highest BCUT2D eigenvalue weighted by atomic mass is 32.2. The fraction of sp³-hybridized carbons (Fsp3) is 0.143. The lowest BCUT2D eigenvalue weighted by Crippen LogP contribution is -2.16. The molecule has 0 fully saturated rings. The second-order valence-electron chi connectivity index (χ2n) is 5.93. The summed E-state index contributed by atoms with van der Waals surface area (Å²) in [7, 11) is -1.46. The van der Waals surface area contributed by atoms with Crippen LogP contribution in [0.25, 0.3) is 0 Å². The molecule has 0 aliphatic heterocycles. The van der Waals surface area contributed by atoms with Crippen molar-refractivity contribution in [3.8, 4) is 11.5 Å². The van der Waals surface area contributed by atoms with E-state index in [0.717, 1.165) is 25.3 Å². The van der Waals surface area contributed by atoms with Gasteiger partial charge in [-0.2, -0.15) is 0 Å². The highest BCUT2D eigenvalue weighted by Crippen LogP contribution is 2.22. The van der Waals surface area contributed by atoms with Crippen LogP contribution in [-0.2, 0) is 24.0 Å². The molecule has 3 rings (SSSR count). The van der Waals surface area contributed by atoms with Crippen LogP contribution in [0.1, 0.15) is 11.1 Å². The maximum atomic E-state index is 11.2. The maximum Gasteiger partial charge on any atom is 0.127 e. The van der Waals surface area contributed by atoms with Gasteiger partial charge in [0.2, 0.25) is 0 Å². The van der Waals surface area contributed by atoms with Crippen LogP contribution in [0.3, 0.4) is 0 Å². The van der Waals surface area contributed by atoms with Gasteiger partial charge in [-0.3, -0.25) is 0 Å². The number of hydrogen-bond donors (Lipinski definition) is 2. The van der Waals surface area contributed by atoms with E-state index in [2.05, 4.69) is 41.7 Å². The van der Waals surface area contributed by atoms with Crippen molar-refractivity contribution < 1.29 is 8.95 Å². The van der Waals surface area contributed by atoms with Crippen LogP contribution in [0.2, 0.25) is 0 Å². The summed E-state index contributed by atoms with van der Waals surface area (Å²) in [4.78, 5) is 0.579. The molecule has 0 saturated carbocycles. The first-order chi connectivity index (χ1) is 12.7. The summed E-state index contributed by atoms with van der Waals surface area (Å²) in [5, 5.41) is 8.79. The second-order valence-corrected chi connectivity index (χ2v) is 6.99. The molecule has 0 amide bonds. The minimum Gasteiger partial charge on any atom is -0.457 e. The lowest BCUT2D eigenvalue weighted by atomic mass is 10.1. The third-order valence-corrected chi connectivity index (χ3v) is 4.71. The minimum atomic E-state index is -1.46. The molecule has 0 spiro atoms. The van der Waals surface area contributed by atoms with E-state index in [1.807, 2.05) is 18.2 Å². The SMILES string of the molecule is NS(=O)c1ccc(Oc2ccc(CCNCc3ccccc3)cc2)cc1. The Kier molecular flexibility index (Phi) is 6.55. The van der Waals surface area contributed by atoms with E-state index in [1.165, 1.54) is 11.1 Å². The molecule has 4 nitrogen and oxygen atoms in total. The highest BCUT2D eigenvalue weighted by molar-refractivity contribution is 7.82. The summed E-state index contributed by atoms with van der Waals surface area (Å²) in [6.07, 6.45) is 0.962. The molecule has 1 atom stereocenters. The van der Waals surface area contributed by atoms with Crippen molar-refractivity contribution in [2.24, 2.45) is 5.14 Å². The van der Waals surface area contributed by atoms with Gasteiger partial charge in [0, 0.05) is 6.54 Å². The van der Waals surface area contributed by atoms with Gasteiger partial charge in [-0.05, 0) is 60.5 Å². The van der Waals surface area contributed by atoms with Gasteiger partial charge < -0.3 is 10.1 Å². The van der Waals surface area contributed by atoms with Crippen LogP contribution < -0.4 is 15.2 Å². The first-order valence-corrected chi connectivity index (χ1v) is 9.70. The third kappa shape index (κ3) is 5.52. The highest BCUT2D eigenvalue weighted by Gasteiger charge is 2.01. The molecule has 134 valence electrons. The summed E-state index contributed by atoms with van der Waals surface area (Å²) in [5.74, 6) is 1.46. The second kappa shape index (κ2) is 9.29. The fourth-order valence-corrected chi connectivity index (χ4v) is 2.97. The van der Waals surface area contributed by atoms with E-state index in [-0.39, 0.29) is 0 Å². The van der Waals surface area contributed by atoms with Gasteiger partial charge in [0.1, 0.15) is 22.5 Å². The van der Waals surface area contributed by atoms with Crippen LogP contribution in [0.4, 0.5) is 0 Å². The predicted molar refractivity (Wildman–Crippen MR) is 105 cm³/mol. The Morgan fingerprint density at radius 2 is 1.42 bits per heavy atom. The molecule has 0 heterocycles. The molecule has 0 aliphatic rings. The molecule has 0 bridgehead atoms. The van der Waals surface area contributed by atoms with Crippen molar-refractivity contribution >= 4 is 11.0 Å². The number of hydrogen-bond acceptors (Lipinski definition) is 3. The number of nitrogens with two attached hydrogens (primary N) is 1. The van der Waals surface area contributed by atoms with Crippen molar-refractivity contribution in [3.05, 3.63) is 90.0 Å². The molecule has 0 radical (unpaired) electrons. The molecule has 3 aromatic rings. The average molecular weight is 366 g/mol. The van der Waals surface area contributed by atoms with E-state index in [9.17, 15) is 4.21 Å². The Balaban J connectivity index is 1.46. The van der Waals surface area contributed by atoms with Crippen molar-refractivity contribution in [2.45, 2.75) is 17.9 Å². The molecule has 26 heavy (non-hydrogen) atoms.